The van der Waals surface area contributed by atoms with Gasteiger partial charge in [0.05, 0.1) is 31.4 Å². The third-order valence-electron chi connectivity index (χ3n) is 11.9. The number of anilines is 1. The van der Waals surface area contributed by atoms with Crippen LogP contribution in [0.15, 0.2) is 24.3 Å². The summed E-state index contributed by atoms with van der Waals surface area (Å²) in [6, 6.07) is 3.42. The number of benzene rings is 2. The molecule has 2 aromatic carbocycles. The first-order valence-corrected chi connectivity index (χ1v) is 18.9. The average molecular weight is 810 g/mol. The number of pyridine rings is 1. The van der Waals surface area contributed by atoms with Gasteiger partial charge in [-0.3, -0.25) is 4.79 Å². The zero-order chi connectivity index (χ0) is 41.1. The van der Waals surface area contributed by atoms with E-state index in [1.807, 2.05) is 10.2 Å². The van der Waals surface area contributed by atoms with Crippen LogP contribution >= 0.6 is 0 Å². The zero-order valence-corrected chi connectivity index (χ0v) is 31.4. The van der Waals surface area contributed by atoms with E-state index in [0.29, 0.717) is 24.8 Å². The summed E-state index contributed by atoms with van der Waals surface area (Å²) in [4.78, 5) is 41.0. The SMILES string of the molecule is C#Cc1c(F)ccc2cc(O)cc(-c3nc(OC)c4c(N5CC6CCC(C5)N6C(=O)NCC(F)(F)F)nc(OCC5(CN6CC7CC7C6)CC5)nc4c3F)c12.O=CO. The Morgan fingerprint density at radius 2 is 1.76 bits per heavy atom. The van der Waals surface area contributed by atoms with Crippen molar-refractivity contribution in [2.24, 2.45) is 17.3 Å². The number of ether oxygens (including phenoxy) is 2. The third kappa shape index (κ3) is 7.43. The molecule has 5 fully saturated rings. The lowest BCUT2D eigenvalue weighted by atomic mass is 9.95. The number of carbonyl (C=O) groups excluding carboxylic acids is 1. The number of carbonyl (C=O) groups is 2. The summed E-state index contributed by atoms with van der Waals surface area (Å²) in [5.74, 6) is 2.19. The van der Waals surface area contributed by atoms with Crippen molar-refractivity contribution in [2.45, 2.75) is 50.4 Å². The molecule has 5 aliphatic rings. The Morgan fingerprint density at radius 1 is 1.07 bits per heavy atom. The number of hydrogen-bond donors (Lipinski definition) is 3. The number of hydrogen-bond acceptors (Lipinski definition) is 10. The van der Waals surface area contributed by atoms with Crippen molar-refractivity contribution >= 4 is 40.0 Å². The molecule has 2 saturated carbocycles. The fraction of sp³-hybridized carbons (Fsp3) is 0.475. The first kappa shape index (κ1) is 39.1. The standard InChI is InChI=1S/C39H38F5N7O4.CH2O2/c1-3-26-28(40)7-4-20-11-25(52)12-27(29(20)26)32-31(41)33-30(35(46-32)54-2)34(50-15-23-5-6-24(16-50)51(23)37(53)45-17-39(42,43)44)48-36(47-33)55-19-38(8-9-38)18-49-13-21-10-22(21)14-49;2-1-3/h1,4,7,11-12,21-24,52H,5-6,8-10,13-19H2,2H3,(H,45,53);1H,(H,2,3). The van der Waals surface area contributed by atoms with Crippen LogP contribution in [0.3, 0.4) is 0 Å². The quantitative estimate of drug-likeness (QED) is 0.111. The first-order valence-electron chi connectivity index (χ1n) is 18.9. The highest BCUT2D eigenvalue weighted by molar-refractivity contribution is 6.04. The monoisotopic (exact) mass is 809 g/mol. The van der Waals surface area contributed by atoms with Gasteiger partial charge in [-0.15, -0.1) is 6.42 Å². The summed E-state index contributed by atoms with van der Waals surface area (Å²) in [7, 11) is 1.34. The summed E-state index contributed by atoms with van der Waals surface area (Å²) in [6.07, 6.45) is 5.47. The highest BCUT2D eigenvalue weighted by Gasteiger charge is 2.51. The summed E-state index contributed by atoms with van der Waals surface area (Å²) in [6.45, 7) is 2.02. The topological polar surface area (TPSA) is 153 Å². The third-order valence-corrected chi connectivity index (χ3v) is 11.9. The summed E-state index contributed by atoms with van der Waals surface area (Å²) < 4.78 is 83.2. The van der Waals surface area contributed by atoms with Crippen molar-refractivity contribution in [1.29, 1.82) is 0 Å². The van der Waals surface area contributed by atoms with E-state index in [0.717, 1.165) is 44.3 Å². The van der Waals surface area contributed by atoms with Crippen molar-refractivity contribution in [3.8, 4) is 41.2 Å². The molecule has 4 aromatic rings. The van der Waals surface area contributed by atoms with E-state index in [2.05, 4.69) is 20.8 Å². The summed E-state index contributed by atoms with van der Waals surface area (Å²) >= 11 is 0. The van der Waals surface area contributed by atoms with Crippen LogP contribution in [0.25, 0.3) is 32.9 Å². The number of terminal acetylenes is 1. The van der Waals surface area contributed by atoms with Gasteiger partial charge in [0.1, 0.15) is 40.5 Å². The lowest BCUT2D eigenvalue weighted by Gasteiger charge is -2.41. The van der Waals surface area contributed by atoms with Gasteiger partial charge < -0.3 is 39.7 Å². The average Bonchev–Trinajstić information content (AvgIpc) is 4.07. The van der Waals surface area contributed by atoms with Crippen LogP contribution in [0.5, 0.6) is 17.6 Å². The molecule has 18 heteroatoms. The second-order valence-corrected chi connectivity index (χ2v) is 15.8. The van der Waals surface area contributed by atoms with Crippen molar-refractivity contribution in [3.63, 3.8) is 0 Å². The first-order chi connectivity index (χ1) is 27.7. The predicted molar refractivity (Wildman–Crippen MR) is 201 cm³/mol. The fourth-order valence-electron chi connectivity index (χ4n) is 8.99. The Hall–Kier alpha value is -5.70. The molecule has 3 N–H and O–H groups in total. The lowest BCUT2D eigenvalue weighted by molar-refractivity contribution is -0.124. The van der Waals surface area contributed by atoms with E-state index in [9.17, 15) is 23.1 Å². The minimum absolute atomic E-state index is 0.0138. The zero-order valence-electron chi connectivity index (χ0n) is 31.4. The fourth-order valence-corrected chi connectivity index (χ4v) is 8.99. The van der Waals surface area contributed by atoms with Crippen LogP contribution in [-0.4, -0.2) is 119 Å². The van der Waals surface area contributed by atoms with Gasteiger partial charge in [0.25, 0.3) is 6.47 Å². The molecule has 0 spiro atoms. The number of piperazine rings is 1. The number of piperidine rings is 1. The molecule has 58 heavy (non-hydrogen) atoms. The molecule has 4 unspecified atom stereocenters. The van der Waals surface area contributed by atoms with Gasteiger partial charge in [0.15, 0.2) is 5.82 Å². The van der Waals surface area contributed by atoms with Gasteiger partial charge in [-0.1, -0.05) is 12.0 Å². The normalized spacial score (nSPS) is 22.8. The second kappa shape index (κ2) is 14.9. The molecule has 306 valence electrons. The molecule has 2 bridgehead atoms. The maximum Gasteiger partial charge on any atom is 0.405 e. The Balaban J connectivity index is 0.00000152. The molecular weight excluding hydrogens is 769 g/mol. The van der Waals surface area contributed by atoms with E-state index in [-0.39, 0.29) is 81.5 Å². The number of rotatable bonds is 9. The number of aromatic nitrogens is 3. The number of alkyl halides is 3. The Morgan fingerprint density at radius 3 is 2.38 bits per heavy atom. The lowest BCUT2D eigenvalue weighted by Crippen LogP contribution is -2.59. The second-order valence-electron chi connectivity index (χ2n) is 15.8. The highest BCUT2D eigenvalue weighted by Crippen LogP contribution is 2.51. The molecule has 5 heterocycles. The number of aromatic hydroxyl groups is 1. The van der Waals surface area contributed by atoms with E-state index in [1.165, 1.54) is 42.7 Å². The van der Waals surface area contributed by atoms with E-state index >= 15 is 8.78 Å². The van der Waals surface area contributed by atoms with Crippen molar-refractivity contribution < 1.29 is 51.2 Å². The van der Waals surface area contributed by atoms with Gasteiger partial charge in [-0.25, -0.2) is 18.6 Å². The molecule has 3 aliphatic heterocycles. The number of methoxy groups -OCH3 is 1. The number of carboxylic acid groups (broad SMARTS) is 1. The van der Waals surface area contributed by atoms with E-state index < -0.39 is 42.5 Å². The highest BCUT2D eigenvalue weighted by atomic mass is 19.4. The molecule has 2 aliphatic carbocycles. The smallest absolute Gasteiger partial charge is 0.405 e. The molecule has 2 aromatic heterocycles. The van der Waals surface area contributed by atoms with Crippen LogP contribution < -0.4 is 19.7 Å². The van der Waals surface area contributed by atoms with Gasteiger partial charge in [0.2, 0.25) is 5.88 Å². The number of phenolic OH excluding ortho intramolecular Hbond substituents is 1. The minimum Gasteiger partial charge on any atom is -0.508 e. The van der Waals surface area contributed by atoms with Gasteiger partial charge in [-0.2, -0.15) is 23.1 Å². The number of amides is 2. The Labute approximate surface area is 329 Å². The van der Waals surface area contributed by atoms with Crippen molar-refractivity contribution in [2.75, 3.05) is 57.9 Å². The number of halogens is 5. The molecule has 3 saturated heterocycles. The van der Waals surface area contributed by atoms with Crippen molar-refractivity contribution in [1.82, 2.24) is 30.1 Å². The molecule has 2 amide bonds. The maximum absolute atomic E-state index is 17.2. The van der Waals surface area contributed by atoms with Gasteiger partial charge >= 0.3 is 18.2 Å². The largest absolute Gasteiger partial charge is 0.508 e. The molecule has 13 nitrogen and oxygen atoms in total. The minimum atomic E-state index is -4.56. The Kier molecular flexibility index (Phi) is 10.1. The van der Waals surface area contributed by atoms with E-state index in [4.69, 9.17) is 30.8 Å². The van der Waals surface area contributed by atoms with Crippen LogP contribution in [-0.2, 0) is 4.79 Å². The number of likely N-dealkylation sites (tertiary alicyclic amines) is 1. The Bertz CT molecular complexity index is 2310. The number of urea groups is 1. The number of nitrogens with zero attached hydrogens (tertiary/aromatic N) is 6. The van der Waals surface area contributed by atoms with E-state index in [1.54, 1.807) is 0 Å². The van der Waals surface area contributed by atoms with Crippen LogP contribution in [0.2, 0.25) is 0 Å². The molecular formula is C40H40F5N7O6. The van der Waals surface area contributed by atoms with Crippen LogP contribution in [0.4, 0.5) is 32.6 Å². The number of nitrogens with one attached hydrogen (secondary N) is 1. The summed E-state index contributed by atoms with van der Waals surface area (Å²) in [5.41, 5.74) is -0.725. The molecule has 0 radical (unpaired) electrons. The predicted octanol–water partition coefficient (Wildman–Crippen LogP) is 5.56. The van der Waals surface area contributed by atoms with Crippen molar-refractivity contribution in [3.05, 3.63) is 41.5 Å². The van der Waals surface area contributed by atoms with Gasteiger partial charge in [-0.05, 0) is 67.5 Å². The number of fused-ring (bicyclic) bond motifs is 5. The van der Waals surface area contributed by atoms with Crippen LogP contribution in [0.1, 0.15) is 37.7 Å². The molecule has 4 atom stereocenters. The van der Waals surface area contributed by atoms with Crippen LogP contribution in [0, 0.1) is 41.2 Å². The summed E-state index contributed by atoms with van der Waals surface area (Å²) in [5, 5.41) is 20.2. The molecule has 9 rings (SSSR count). The van der Waals surface area contributed by atoms with Gasteiger partial charge in [0, 0.05) is 49.1 Å². The number of phenols is 1. The maximum atomic E-state index is 17.2.